The van der Waals surface area contributed by atoms with Crippen LogP contribution in [0.3, 0.4) is 0 Å². The van der Waals surface area contributed by atoms with Crippen molar-refractivity contribution in [3.8, 4) is 5.75 Å². The van der Waals surface area contributed by atoms with Crippen LogP contribution in [0.15, 0.2) is 42.5 Å². The highest BCUT2D eigenvalue weighted by atomic mass is 16.5. The van der Waals surface area contributed by atoms with Crippen molar-refractivity contribution in [2.75, 3.05) is 32.6 Å². The summed E-state index contributed by atoms with van der Waals surface area (Å²) < 4.78 is 5.20. The molecule has 29 heavy (non-hydrogen) atoms. The van der Waals surface area contributed by atoms with E-state index in [1.54, 1.807) is 24.1 Å². The zero-order chi connectivity index (χ0) is 21.0. The van der Waals surface area contributed by atoms with Crippen molar-refractivity contribution >= 4 is 17.6 Å². The zero-order valence-electron chi connectivity index (χ0n) is 17.6. The molecular formula is C23H29N3O3. The first kappa shape index (κ1) is 20.7. The normalized spacial score (nSPS) is 14.2. The Labute approximate surface area is 172 Å². The number of benzene rings is 2. The minimum Gasteiger partial charge on any atom is -0.497 e. The molecule has 154 valence electrons. The maximum Gasteiger partial charge on any atom is 0.322 e. The van der Waals surface area contributed by atoms with E-state index in [9.17, 15) is 9.59 Å². The molecule has 2 aromatic carbocycles. The van der Waals surface area contributed by atoms with Gasteiger partial charge in [0.05, 0.1) is 7.11 Å². The fourth-order valence-electron chi connectivity index (χ4n) is 3.75. The number of rotatable bonds is 6. The largest absolute Gasteiger partial charge is 0.497 e. The van der Waals surface area contributed by atoms with E-state index >= 15 is 0 Å². The van der Waals surface area contributed by atoms with Crippen LogP contribution in [0.4, 0.5) is 10.5 Å². The van der Waals surface area contributed by atoms with E-state index in [4.69, 9.17) is 4.74 Å². The van der Waals surface area contributed by atoms with Crippen LogP contribution >= 0.6 is 0 Å². The predicted octanol–water partition coefficient (Wildman–Crippen LogP) is 3.81. The van der Waals surface area contributed by atoms with E-state index in [-0.39, 0.29) is 18.0 Å². The standard InChI is InChI=1S/C23H29N3O3/c1-5-26(16(2)14-17-6-9-20(29-4)10-7-17)23(28)24-19-8-11-21-18(15-19)12-13-25(3)22(21)27/h6-11,15-16H,5,12-14H2,1-4H3,(H,24,28). The summed E-state index contributed by atoms with van der Waals surface area (Å²) in [6.45, 7) is 5.33. The van der Waals surface area contributed by atoms with Gasteiger partial charge in [0, 0.05) is 37.4 Å². The molecular weight excluding hydrogens is 366 g/mol. The van der Waals surface area contributed by atoms with Crippen molar-refractivity contribution in [2.45, 2.75) is 32.7 Å². The first-order valence-corrected chi connectivity index (χ1v) is 10.0. The number of hydrogen-bond donors (Lipinski definition) is 1. The van der Waals surface area contributed by atoms with Gasteiger partial charge in [-0.25, -0.2) is 4.79 Å². The molecule has 3 rings (SSSR count). The Hall–Kier alpha value is -3.02. The van der Waals surface area contributed by atoms with E-state index in [0.717, 1.165) is 41.0 Å². The third-order valence-corrected chi connectivity index (χ3v) is 5.47. The molecule has 0 saturated heterocycles. The highest BCUT2D eigenvalue weighted by molar-refractivity contribution is 5.98. The summed E-state index contributed by atoms with van der Waals surface area (Å²) in [5.41, 5.74) is 3.58. The average Bonchev–Trinajstić information content (AvgIpc) is 2.72. The molecule has 0 saturated carbocycles. The molecule has 0 bridgehead atoms. The van der Waals surface area contributed by atoms with Gasteiger partial charge in [-0.1, -0.05) is 12.1 Å². The smallest absolute Gasteiger partial charge is 0.322 e. The van der Waals surface area contributed by atoms with E-state index in [1.165, 1.54) is 0 Å². The number of carbonyl (C=O) groups is 2. The van der Waals surface area contributed by atoms with Gasteiger partial charge in [0.15, 0.2) is 0 Å². The number of urea groups is 1. The van der Waals surface area contributed by atoms with Crippen molar-refractivity contribution in [1.29, 1.82) is 0 Å². The van der Waals surface area contributed by atoms with Crippen LogP contribution in [0.5, 0.6) is 5.75 Å². The lowest BCUT2D eigenvalue weighted by atomic mass is 9.99. The van der Waals surface area contributed by atoms with Crippen LogP contribution in [-0.4, -0.2) is 55.0 Å². The number of nitrogens with one attached hydrogen (secondary N) is 1. The van der Waals surface area contributed by atoms with Crippen molar-refractivity contribution in [3.05, 3.63) is 59.2 Å². The van der Waals surface area contributed by atoms with Crippen LogP contribution in [0.2, 0.25) is 0 Å². The molecule has 1 N–H and O–H groups in total. The second-order valence-corrected chi connectivity index (χ2v) is 7.47. The summed E-state index contributed by atoms with van der Waals surface area (Å²) in [5, 5.41) is 3.00. The van der Waals surface area contributed by atoms with Crippen LogP contribution in [0.1, 0.15) is 35.3 Å². The number of ether oxygens (including phenoxy) is 1. The molecule has 0 fully saturated rings. The molecule has 0 aliphatic carbocycles. The van der Waals surface area contributed by atoms with E-state index in [1.807, 2.05) is 49.2 Å². The minimum absolute atomic E-state index is 0.0347. The summed E-state index contributed by atoms with van der Waals surface area (Å²) in [6.07, 6.45) is 1.56. The molecule has 6 nitrogen and oxygen atoms in total. The Morgan fingerprint density at radius 1 is 1.24 bits per heavy atom. The van der Waals surface area contributed by atoms with Gasteiger partial charge in [-0.15, -0.1) is 0 Å². The molecule has 2 aromatic rings. The monoisotopic (exact) mass is 395 g/mol. The van der Waals surface area contributed by atoms with Crippen LogP contribution < -0.4 is 10.1 Å². The van der Waals surface area contributed by atoms with Crippen molar-refractivity contribution in [3.63, 3.8) is 0 Å². The lowest BCUT2D eigenvalue weighted by Gasteiger charge is -2.29. The number of methoxy groups -OCH3 is 1. The summed E-state index contributed by atoms with van der Waals surface area (Å²) in [5.74, 6) is 0.857. The number of fused-ring (bicyclic) bond motifs is 1. The molecule has 1 aliphatic rings. The Bertz CT molecular complexity index is 879. The van der Waals surface area contributed by atoms with Crippen LogP contribution in [-0.2, 0) is 12.8 Å². The van der Waals surface area contributed by atoms with Gasteiger partial charge in [-0.3, -0.25) is 4.79 Å². The molecule has 1 aliphatic heterocycles. The maximum atomic E-state index is 12.9. The Kier molecular flexibility index (Phi) is 6.42. The summed E-state index contributed by atoms with van der Waals surface area (Å²) in [4.78, 5) is 28.7. The molecule has 1 heterocycles. The predicted molar refractivity (Wildman–Crippen MR) is 115 cm³/mol. The summed E-state index contributed by atoms with van der Waals surface area (Å²) in [6, 6.07) is 13.4. The third-order valence-electron chi connectivity index (χ3n) is 5.47. The molecule has 6 heteroatoms. The van der Waals surface area contributed by atoms with E-state index in [2.05, 4.69) is 12.2 Å². The number of hydrogen-bond acceptors (Lipinski definition) is 3. The van der Waals surface area contributed by atoms with Crippen LogP contribution in [0.25, 0.3) is 0 Å². The zero-order valence-corrected chi connectivity index (χ0v) is 17.6. The van der Waals surface area contributed by atoms with Gasteiger partial charge in [-0.05, 0) is 68.1 Å². The quantitative estimate of drug-likeness (QED) is 0.809. The second-order valence-electron chi connectivity index (χ2n) is 7.47. The molecule has 1 unspecified atom stereocenters. The minimum atomic E-state index is -0.132. The molecule has 0 spiro atoms. The number of likely N-dealkylation sites (N-methyl/N-ethyl adjacent to an activating group) is 2. The second kappa shape index (κ2) is 8.99. The lowest BCUT2D eigenvalue weighted by Crippen LogP contribution is -2.42. The molecule has 0 aromatic heterocycles. The fraction of sp³-hybridized carbons (Fsp3) is 0.391. The first-order chi connectivity index (χ1) is 13.9. The molecule has 0 radical (unpaired) electrons. The first-order valence-electron chi connectivity index (χ1n) is 10.0. The van der Waals surface area contributed by atoms with Crippen LogP contribution in [0, 0.1) is 0 Å². The van der Waals surface area contributed by atoms with Crippen molar-refractivity contribution in [2.24, 2.45) is 0 Å². The summed E-state index contributed by atoms with van der Waals surface area (Å²) >= 11 is 0. The number of carbonyl (C=O) groups excluding carboxylic acids is 2. The van der Waals surface area contributed by atoms with Gasteiger partial charge in [0.25, 0.3) is 5.91 Å². The van der Waals surface area contributed by atoms with Gasteiger partial charge in [0.2, 0.25) is 0 Å². The Balaban J connectivity index is 1.67. The van der Waals surface area contributed by atoms with Gasteiger partial charge in [-0.2, -0.15) is 0 Å². The highest BCUT2D eigenvalue weighted by Crippen LogP contribution is 2.22. The third kappa shape index (κ3) is 4.70. The number of amides is 3. The van der Waals surface area contributed by atoms with Gasteiger partial charge in [0.1, 0.15) is 5.75 Å². The Morgan fingerprint density at radius 3 is 2.62 bits per heavy atom. The maximum absolute atomic E-state index is 12.9. The fourth-order valence-corrected chi connectivity index (χ4v) is 3.75. The molecule has 3 amide bonds. The van der Waals surface area contributed by atoms with Crippen molar-refractivity contribution in [1.82, 2.24) is 9.80 Å². The molecule has 1 atom stereocenters. The highest BCUT2D eigenvalue weighted by Gasteiger charge is 2.23. The van der Waals surface area contributed by atoms with E-state index in [0.29, 0.717) is 13.1 Å². The average molecular weight is 396 g/mol. The van der Waals surface area contributed by atoms with Gasteiger partial charge >= 0.3 is 6.03 Å². The SMILES string of the molecule is CCN(C(=O)Nc1ccc2c(c1)CCN(C)C2=O)C(C)Cc1ccc(OC)cc1. The summed E-state index contributed by atoms with van der Waals surface area (Å²) in [7, 11) is 3.46. The lowest BCUT2D eigenvalue weighted by molar-refractivity contribution is 0.0781. The van der Waals surface area contributed by atoms with Gasteiger partial charge < -0.3 is 19.9 Å². The topological polar surface area (TPSA) is 61.9 Å². The Morgan fingerprint density at radius 2 is 1.97 bits per heavy atom. The van der Waals surface area contributed by atoms with E-state index < -0.39 is 0 Å². The number of nitrogens with zero attached hydrogens (tertiary/aromatic N) is 2. The van der Waals surface area contributed by atoms with Crippen molar-refractivity contribution < 1.29 is 14.3 Å². The number of anilines is 1.